The molecule has 2 heterocycles. The van der Waals surface area contributed by atoms with Crippen molar-refractivity contribution in [2.45, 2.75) is 12.8 Å². The van der Waals surface area contributed by atoms with Crippen LogP contribution in [0.15, 0.2) is 0 Å². The van der Waals surface area contributed by atoms with E-state index < -0.39 is 11.9 Å². The summed E-state index contributed by atoms with van der Waals surface area (Å²) in [5.74, 6) is -1.56. The predicted octanol–water partition coefficient (Wildman–Crippen LogP) is -1.05. The van der Waals surface area contributed by atoms with Gasteiger partial charge in [0.25, 0.3) is 0 Å². The summed E-state index contributed by atoms with van der Waals surface area (Å²) in [5.41, 5.74) is 0. The molecule has 1 fully saturated rings. The number of carbonyl (C=O) groups is 2. The van der Waals surface area contributed by atoms with E-state index in [4.69, 9.17) is 10.2 Å². The summed E-state index contributed by atoms with van der Waals surface area (Å²) in [6.07, 6.45) is 3.85. The Morgan fingerprint density at radius 1 is 0.875 bits per heavy atom. The molecule has 136 valence electrons. The fraction of sp³-hybridized carbons (Fsp3) is 0.812. The highest BCUT2D eigenvalue weighted by molar-refractivity contribution is 5.69. The average Bonchev–Trinajstić information content (AvgIpc) is 2.51. The summed E-state index contributed by atoms with van der Waals surface area (Å²) in [6, 6.07) is 0. The number of rotatable bonds is 4. The molecular formula is C16H29N4O4+. The van der Waals surface area contributed by atoms with Crippen molar-refractivity contribution in [3.63, 3.8) is 0 Å². The topological polar surface area (TPSA) is 87.3 Å². The predicted molar refractivity (Wildman–Crippen MR) is 89.9 cm³/mol. The molecule has 0 radical (unpaired) electrons. The molecule has 24 heavy (non-hydrogen) atoms. The molecule has 0 aliphatic carbocycles. The second-order valence-electron chi connectivity index (χ2n) is 6.57. The zero-order valence-corrected chi connectivity index (χ0v) is 14.3. The molecule has 2 aliphatic rings. The third-order valence-electron chi connectivity index (χ3n) is 4.63. The highest BCUT2D eigenvalue weighted by atomic mass is 16.4. The van der Waals surface area contributed by atoms with Gasteiger partial charge in [-0.15, -0.1) is 0 Å². The van der Waals surface area contributed by atoms with E-state index in [9.17, 15) is 9.59 Å². The van der Waals surface area contributed by atoms with Crippen LogP contribution in [0.2, 0.25) is 0 Å². The van der Waals surface area contributed by atoms with Crippen molar-refractivity contribution in [2.24, 2.45) is 0 Å². The monoisotopic (exact) mass is 341 g/mol. The molecular weight excluding hydrogens is 312 g/mol. The first-order chi connectivity index (χ1) is 11.5. The van der Waals surface area contributed by atoms with Gasteiger partial charge in [0.1, 0.15) is 6.54 Å². The molecule has 0 aromatic rings. The van der Waals surface area contributed by atoms with E-state index in [0.29, 0.717) is 0 Å². The number of nitrogens with zero attached hydrogens (tertiary/aromatic N) is 4. The number of fused-ring (bicyclic) bond motifs is 3. The summed E-state index contributed by atoms with van der Waals surface area (Å²) < 4.78 is 1.90. The van der Waals surface area contributed by atoms with Crippen LogP contribution in [-0.4, -0.2) is 120 Å². The van der Waals surface area contributed by atoms with Crippen LogP contribution in [0.25, 0.3) is 0 Å². The molecule has 2 N–H and O–H groups in total. The molecule has 1 saturated heterocycles. The molecule has 0 spiro atoms. The van der Waals surface area contributed by atoms with Crippen LogP contribution in [0.1, 0.15) is 12.8 Å². The third-order valence-corrected chi connectivity index (χ3v) is 4.63. The SMILES string of the molecule is O=C(O)CN1CCCN2CC=[N+](CC(=O)O)CCCN(CC2)CC1. The molecule has 2 bridgehead atoms. The minimum absolute atomic E-state index is 0.0558. The lowest BCUT2D eigenvalue weighted by Gasteiger charge is -2.32. The molecule has 2 unspecified atom stereocenters. The molecule has 2 atom stereocenters. The smallest absolute Gasteiger partial charge is 0.369 e. The Kier molecular flexibility index (Phi) is 7.61. The van der Waals surface area contributed by atoms with Crippen LogP contribution in [0, 0.1) is 0 Å². The summed E-state index contributed by atoms with van der Waals surface area (Å²) in [7, 11) is 0. The summed E-state index contributed by atoms with van der Waals surface area (Å²) in [6.45, 7) is 7.85. The van der Waals surface area contributed by atoms with Crippen LogP contribution in [0.5, 0.6) is 0 Å². The molecule has 8 heteroatoms. The first-order valence-electron chi connectivity index (χ1n) is 8.71. The minimum Gasteiger partial charge on any atom is -0.480 e. The van der Waals surface area contributed by atoms with Crippen LogP contribution >= 0.6 is 0 Å². The van der Waals surface area contributed by atoms with Gasteiger partial charge in [-0.05, 0) is 13.0 Å². The maximum absolute atomic E-state index is 11.0. The molecule has 0 saturated carbocycles. The molecule has 0 aromatic carbocycles. The van der Waals surface area contributed by atoms with E-state index in [1.54, 1.807) is 0 Å². The van der Waals surface area contributed by atoms with E-state index in [2.05, 4.69) is 9.80 Å². The van der Waals surface area contributed by atoms with E-state index in [-0.39, 0.29) is 13.1 Å². The average molecular weight is 341 g/mol. The standard InChI is InChI=1S/C16H28N4O4/c21-15(22)13-19-5-1-3-17-7-8-18(10-11-19)4-2-6-20(12-9-17)14-16(23)24/h11H,1-10,12-14H2,(H-,21,22,23,24)/p+1. The van der Waals surface area contributed by atoms with Crippen molar-refractivity contribution in [2.75, 3.05) is 72.0 Å². The Bertz CT molecular complexity index is 469. The van der Waals surface area contributed by atoms with Crippen molar-refractivity contribution < 1.29 is 24.4 Å². The van der Waals surface area contributed by atoms with Crippen molar-refractivity contribution in [1.82, 2.24) is 14.7 Å². The van der Waals surface area contributed by atoms with Gasteiger partial charge in [-0.1, -0.05) is 0 Å². The van der Waals surface area contributed by atoms with Crippen LogP contribution < -0.4 is 0 Å². The van der Waals surface area contributed by atoms with Gasteiger partial charge >= 0.3 is 11.9 Å². The molecule has 2 aliphatic heterocycles. The maximum atomic E-state index is 11.0. The van der Waals surface area contributed by atoms with Crippen LogP contribution in [0.4, 0.5) is 0 Å². The first kappa shape index (κ1) is 18.8. The summed E-state index contributed by atoms with van der Waals surface area (Å²) in [5, 5.41) is 18.1. The Morgan fingerprint density at radius 2 is 1.58 bits per heavy atom. The Balaban J connectivity index is 2.03. The van der Waals surface area contributed by atoms with Crippen molar-refractivity contribution in [3.8, 4) is 0 Å². The highest BCUT2D eigenvalue weighted by Gasteiger charge is 2.19. The largest absolute Gasteiger partial charge is 0.480 e. The normalized spacial score (nSPS) is 27.2. The summed E-state index contributed by atoms with van der Waals surface area (Å²) >= 11 is 0. The highest BCUT2D eigenvalue weighted by Crippen LogP contribution is 2.04. The lowest BCUT2D eigenvalue weighted by Crippen LogP contribution is -2.46. The van der Waals surface area contributed by atoms with Gasteiger partial charge in [-0.25, -0.2) is 9.37 Å². The second-order valence-corrected chi connectivity index (χ2v) is 6.57. The van der Waals surface area contributed by atoms with Crippen LogP contribution in [0.3, 0.4) is 0 Å². The Labute approximate surface area is 142 Å². The lowest BCUT2D eigenvalue weighted by molar-refractivity contribution is -0.515. The van der Waals surface area contributed by atoms with Gasteiger partial charge in [0, 0.05) is 45.7 Å². The molecule has 0 amide bonds. The van der Waals surface area contributed by atoms with E-state index in [1.165, 1.54) is 0 Å². The van der Waals surface area contributed by atoms with E-state index in [1.807, 2.05) is 15.7 Å². The number of hydrogen-bond acceptors (Lipinski definition) is 5. The van der Waals surface area contributed by atoms with Gasteiger partial charge in [0.2, 0.25) is 6.54 Å². The van der Waals surface area contributed by atoms with E-state index >= 15 is 0 Å². The number of carboxylic acid groups (broad SMARTS) is 2. The van der Waals surface area contributed by atoms with Crippen molar-refractivity contribution in [1.29, 1.82) is 0 Å². The molecule has 8 nitrogen and oxygen atoms in total. The number of carboxylic acids is 2. The summed E-state index contributed by atoms with van der Waals surface area (Å²) in [4.78, 5) is 28.7. The van der Waals surface area contributed by atoms with Crippen molar-refractivity contribution >= 4 is 18.2 Å². The molecule has 0 aromatic heterocycles. The third kappa shape index (κ3) is 6.94. The zero-order valence-electron chi connectivity index (χ0n) is 14.3. The van der Waals surface area contributed by atoms with Crippen molar-refractivity contribution in [3.05, 3.63) is 0 Å². The fourth-order valence-corrected chi connectivity index (χ4v) is 3.31. The maximum Gasteiger partial charge on any atom is 0.369 e. The van der Waals surface area contributed by atoms with E-state index in [0.717, 1.165) is 71.7 Å². The number of aliphatic carboxylic acids is 2. The quantitative estimate of drug-likeness (QED) is 0.631. The molecule has 2 rings (SSSR count). The number of hydrogen-bond donors (Lipinski definition) is 2. The van der Waals surface area contributed by atoms with Crippen LogP contribution in [-0.2, 0) is 9.59 Å². The van der Waals surface area contributed by atoms with Gasteiger partial charge < -0.3 is 15.1 Å². The Morgan fingerprint density at radius 3 is 2.33 bits per heavy atom. The fourth-order valence-electron chi connectivity index (χ4n) is 3.31. The van der Waals surface area contributed by atoms with Gasteiger partial charge in [-0.3, -0.25) is 14.6 Å². The first-order valence-corrected chi connectivity index (χ1v) is 8.71. The van der Waals surface area contributed by atoms with Gasteiger partial charge in [-0.2, -0.15) is 0 Å². The van der Waals surface area contributed by atoms with Gasteiger partial charge in [0.05, 0.1) is 13.1 Å². The van der Waals surface area contributed by atoms with Gasteiger partial charge in [0.15, 0.2) is 6.21 Å². The Hall–Kier alpha value is -1.51. The second kappa shape index (κ2) is 9.71. The zero-order chi connectivity index (χ0) is 17.4. The minimum atomic E-state index is -0.794. The lowest BCUT2D eigenvalue weighted by atomic mass is 10.2.